The van der Waals surface area contributed by atoms with E-state index in [-0.39, 0.29) is 5.92 Å². The lowest BCUT2D eigenvalue weighted by atomic mass is 9.99. The van der Waals surface area contributed by atoms with E-state index in [4.69, 9.17) is 5.11 Å². The van der Waals surface area contributed by atoms with Crippen molar-refractivity contribution in [2.75, 3.05) is 11.5 Å². The summed E-state index contributed by atoms with van der Waals surface area (Å²) in [4.78, 5) is 0. The molecule has 0 aromatic rings. The van der Waals surface area contributed by atoms with E-state index in [0.29, 0.717) is 5.75 Å². The minimum atomic E-state index is -2.57. The summed E-state index contributed by atoms with van der Waals surface area (Å²) in [5.74, 6) is 1.55. The fraction of sp³-hybridized carbons (Fsp3) is 1.00. The van der Waals surface area contributed by atoms with E-state index in [1.54, 1.807) is 11.8 Å². The predicted octanol–water partition coefficient (Wildman–Crippen LogP) is 1.76. The number of hydrogen-bond acceptors (Lipinski definition) is 2. The summed E-state index contributed by atoms with van der Waals surface area (Å²) in [6, 6.07) is 0. The van der Waals surface area contributed by atoms with Crippen molar-refractivity contribution in [3.63, 3.8) is 0 Å². The molecule has 0 amide bonds. The molecule has 0 bridgehead atoms. The summed E-state index contributed by atoms with van der Waals surface area (Å²) < 4.78 is 23.9. The second-order valence-electron chi connectivity index (χ2n) is 2.80. The van der Waals surface area contributed by atoms with Gasteiger partial charge in [-0.25, -0.2) is 8.78 Å². The third-order valence-electron chi connectivity index (χ3n) is 1.94. The molecule has 1 fully saturated rings. The van der Waals surface area contributed by atoms with Crippen LogP contribution < -0.4 is 0 Å². The lowest BCUT2D eigenvalue weighted by Crippen LogP contribution is -2.31. The second-order valence-corrected chi connectivity index (χ2v) is 3.95. The van der Waals surface area contributed by atoms with Crippen molar-refractivity contribution in [1.29, 1.82) is 0 Å². The van der Waals surface area contributed by atoms with Gasteiger partial charge in [-0.1, -0.05) is 0 Å². The normalized spacial score (nSPS) is 28.9. The smallest absolute Gasteiger partial charge is 0.264 e. The Hall–Kier alpha value is 0.170. The molecule has 66 valence electrons. The van der Waals surface area contributed by atoms with Gasteiger partial charge in [-0.3, -0.25) is 0 Å². The van der Waals surface area contributed by atoms with Crippen LogP contribution in [0.15, 0.2) is 0 Å². The molecule has 1 nitrogen and oxygen atoms in total. The summed E-state index contributed by atoms with van der Waals surface area (Å²) in [6.07, 6.45) is -2.26. The van der Waals surface area contributed by atoms with E-state index in [1.807, 2.05) is 0 Å². The second kappa shape index (κ2) is 4.26. The van der Waals surface area contributed by atoms with E-state index >= 15 is 0 Å². The number of halogens is 2. The molecule has 0 radical (unpaired) electrons. The number of alkyl halides is 2. The van der Waals surface area contributed by atoms with Crippen LogP contribution in [0.5, 0.6) is 0 Å². The summed E-state index contributed by atoms with van der Waals surface area (Å²) >= 11 is 1.66. The Bertz CT molecular complexity index is 115. The van der Waals surface area contributed by atoms with Crippen LogP contribution in [-0.2, 0) is 0 Å². The average molecular weight is 182 g/mol. The van der Waals surface area contributed by atoms with Gasteiger partial charge in [-0.2, -0.15) is 11.8 Å². The Morgan fingerprint density at radius 3 is 2.64 bits per heavy atom. The van der Waals surface area contributed by atoms with E-state index < -0.39 is 12.5 Å². The van der Waals surface area contributed by atoms with Gasteiger partial charge in [0.15, 0.2) is 0 Å². The van der Waals surface area contributed by atoms with Crippen LogP contribution in [0, 0.1) is 5.92 Å². The van der Waals surface area contributed by atoms with Crippen LogP contribution in [0.3, 0.4) is 0 Å². The Balaban J connectivity index is 2.32. The maximum absolute atomic E-state index is 12.0. The first-order valence-corrected chi connectivity index (χ1v) is 4.91. The van der Waals surface area contributed by atoms with Gasteiger partial charge in [0.1, 0.15) is 6.10 Å². The zero-order chi connectivity index (χ0) is 8.27. The van der Waals surface area contributed by atoms with Crippen LogP contribution >= 0.6 is 11.8 Å². The van der Waals surface area contributed by atoms with Crippen molar-refractivity contribution < 1.29 is 13.9 Å². The Morgan fingerprint density at radius 2 is 2.18 bits per heavy atom. The van der Waals surface area contributed by atoms with Crippen LogP contribution in [0.2, 0.25) is 0 Å². The summed E-state index contributed by atoms with van der Waals surface area (Å²) in [5.41, 5.74) is 0. The quantitative estimate of drug-likeness (QED) is 0.702. The maximum Gasteiger partial charge on any atom is 0.264 e. The molecular formula is C7H12F2OS. The highest BCUT2D eigenvalue weighted by atomic mass is 32.2. The molecule has 0 saturated carbocycles. The highest BCUT2D eigenvalue weighted by Gasteiger charge is 2.28. The van der Waals surface area contributed by atoms with Gasteiger partial charge in [0, 0.05) is 0 Å². The van der Waals surface area contributed by atoms with Crippen molar-refractivity contribution in [3.05, 3.63) is 0 Å². The van der Waals surface area contributed by atoms with E-state index in [2.05, 4.69) is 0 Å². The highest BCUT2D eigenvalue weighted by Crippen LogP contribution is 2.27. The largest absolute Gasteiger partial charge is 0.387 e. The van der Waals surface area contributed by atoms with Crippen molar-refractivity contribution in [1.82, 2.24) is 0 Å². The molecule has 4 heteroatoms. The Morgan fingerprint density at radius 1 is 1.45 bits per heavy atom. The predicted molar refractivity (Wildman–Crippen MR) is 42.1 cm³/mol. The maximum atomic E-state index is 12.0. The van der Waals surface area contributed by atoms with Gasteiger partial charge in [0.05, 0.1) is 0 Å². The summed E-state index contributed by atoms with van der Waals surface area (Å²) in [5, 5.41) is 8.99. The molecule has 2 unspecified atom stereocenters. The van der Waals surface area contributed by atoms with E-state index in [1.165, 1.54) is 0 Å². The molecule has 1 rings (SSSR count). The Kier molecular flexibility index (Phi) is 3.59. The molecule has 1 saturated heterocycles. The SMILES string of the molecule is OC(C(F)F)C1CCCSC1. The molecule has 0 aliphatic carbocycles. The van der Waals surface area contributed by atoms with Gasteiger partial charge >= 0.3 is 0 Å². The van der Waals surface area contributed by atoms with E-state index in [9.17, 15) is 8.78 Å². The van der Waals surface area contributed by atoms with E-state index in [0.717, 1.165) is 18.6 Å². The number of thioether (sulfide) groups is 1. The monoisotopic (exact) mass is 182 g/mol. The van der Waals surface area contributed by atoms with Crippen LogP contribution in [0.25, 0.3) is 0 Å². The molecule has 1 aliphatic heterocycles. The van der Waals surface area contributed by atoms with Crippen molar-refractivity contribution in [3.8, 4) is 0 Å². The Labute approximate surface area is 69.2 Å². The number of hydrogen-bond donors (Lipinski definition) is 1. The van der Waals surface area contributed by atoms with Crippen LogP contribution in [0.4, 0.5) is 8.78 Å². The standard InChI is InChI=1S/C7H12F2OS/c8-7(9)6(10)5-2-1-3-11-4-5/h5-7,10H,1-4H2. The molecule has 2 atom stereocenters. The van der Waals surface area contributed by atoms with Gasteiger partial charge in [-0.05, 0) is 30.3 Å². The van der Waals surface area contributed by atoms with Crippen LogP contribution in [0.1, 0.15) is 12.8 Å². The fourth-order valence-electron chi connectivity index (χ4n) is 1.24. The first kappa shape index (κ1) is 9.26. The first-order chi connectivity index (χ1) is 5.22. The highest BCUT2D eigenvalue weighted by molar-refractivity contribution is 7.99. The van der Waals surface area contributed by atoms with Gasteiger partial charge in [-0.15, -0.1) is 0 Å². The minimum Gasteiger partial charge on any atom is -0.387 e. The van der Waals surface area contributed by atoms with Gasteiger partial charge < -0.3 is 5.11 Å². The topological polar surface area (TPSA) is 20.2 Å². The van der Waals surface area contributed by atoms with Crippen molar-refractivity contribution >= 4 is 11.8 Å². The molecular weight excluding hydrogens is 170 g/mol. The summed E-state index contributed by atoms with van der Waals surface area (Å²) in [7, 11) is 0. The zero-order valence-corrected chi connectivity index (χ0v) is 6.99. The minimum absolute atomic E-state index is 0.186. The molecule has 11 heavy (non-hydrogen) atoms. The van der Waals surface area contributed by atoms with Gasteiger partial charge in [0.2, 0.25) is 0 Å². The number of aliphatic hydroxyl groups is 1. The first-order valence-electron chi connectivity index (χ1n) is 3.76. The molecule has 1 heterocycles. The molecule has 1 N–H and O–H groups in total. The van der Waals surface area contributed by atoms with Crippen LogP contribution in [-0.4, -0.2) is 29.1 Å². The van der Waals surface area contributed by atoms with Gasteiger partial charge in [0.25, 0.3) is 6.43 Å². The molecule has 1 aliphatic rings. The summed E-state index contributed by atoms with van der Waals surface area (Å²) in [6.45, 7) is 0. The van der Waals surface area contributed by atoms with Crippen molar-refractivity contribution in [2.45, 2.75) is 25.4 Å². The number of aliphatic hydroxyl groups excluding tert-OH is 1. The third kappa shape index (κ3) is 2.60. The zero-order valence-electron chi connectivity index (χ0n) is 6.17. The molecule has 0 aromatic heterocycles. The molecule has 0 aromatic carbocycles. The lowest BCUT2D eigenvalue weighted by molar-refractivity contribution is -0.0355. The van der Waals surface area contributed by atoms with Crippen molar-refractivity contribution in [2.24, 2.45) is 5.92 Å². The average Bonchev–Trinajstić information content (AvgIpc) is 2.05. The third-order valence-corrected chi connectivity index (χ3v) is 3.18. The molecule has 0 spiro atoms. The number of rotatable bonds is 2. The lowest BCUT2D eigenvalue weighted by Gasteiger charge is -2.25. The fourth-order valence-corrected chi connectivity index (χ4v) is 2.44.